The average molecular weight is 855 g/mol. The molecule has 16 heteroatoms. The van der Waals surface area contributed by atoms with Crippen molar-refractivity contribution < 1.29 is 35.8 Å². The van der Waals surface area contributed by atoms with Crippen LogP contribution >= 0.6 is 0 Å². The van der Waals surface area contributed by atoms with Crippen LogP contribution < -0.4 is 0 Å². The van der Waals surface area contributed by atoms with Gasteiger partial charge in [-0.1, -0.05) is 66.8 Å². The summed E-state index contributed by atoms with van der Waals surface area (Å²) in [7, 11) is 0. The molecular formula is C48H20F6N8O2. The summed E-state index contributed by atoms with van der Waals surface area (Å²) < 4.78 is 98.9. The Bertz CT molecular complexity index is 3140. The number of nitrogens with zero attached hydrogens (tertiary/aromatic N) is 8. The van der Waals surface area contributed by atoms with Gasteiger partial charge in [0, 0.05) is 16.7 Å². The van der Waals surface area contributed by atoms with Crippen LogP contribution in [0.2, 0.25) is 0 Å². The predicted molar refractivity (Wildman–Crippen MR) is 217 cm³/mol. The van der Waals surface area contributed by atoms with E-state index in [2.05, 4.69) is 24.1 Å². The van der Waals surface area contributed by atoms with Gasteiger partial charge >= 0.3 is 12.7 Å². The Morgan fingerprint density at radius 3 is 1.75 bits per heavy atom. The molecule has 3 aromatic rings. The SMILES string of the molecule is [C-]#[N+]C1=C(c2ccccc2)/C(=C(/C#N)c2cc([N+]#[C-])cc([N+]#[C-])c2)C2=C1/C(OC(F)(F)F)=C/C(C#N)=C(C1=CC=CCC1)\C(=C(\[N+]#[C-])c1cc(C#N)cc(C#N)c1)\C=C\2OC(F)(F)F. The lowest BCUT2D eigenvalue weighted by atomic mass is 9.84. The molecule has 0 aliphatic heterocycles. The van der Waals surface area contributed by atoms with E-state index in [-0.39, 0.29) is 63.2 Å². The minimum Gasteiger partial charge on any atom is -0.406 e. The van der Waals surface area contributed by atoms with Crippen LogP contribution in [0.4, 0.5) is 37.7 Å². The molecule has 0 spiro atoms. The number of alkyl halides is 6. The Balaban J connectivity index is 2.00. The highest BCUT2D eigenvalue weighted by atomic mass is 19.4. The number of allylic oxidation sites excluding steroid dienone is 12. The van der Waals surface area contributed by atoms with Crippen LogP contribution in [0.1, 0.15) is 40.7 Å². The molecule has 0 bridgehead atoms. The first-order valence-electron chi connectivity index (χ1n) is 18.1. The highest BCUT2D eigenvalue weighted by molar-refractivity contribution is 6.06. The Morgan fingerprint density at radius 2 is 1.27 bits per heavy atom. The summed E-state index contributed by atoms with van der Waals surface area (Å²) in [5.41, 5.74) is -7.77. The Morgan fingerprint density at radius 1 is 0.656 bits per heavy atom. The van der Waals surface area contributed by atoms with Gasteiger partial charge in [0.1, 0.15) is 17.6 Å². The molecule has 0 unspecified atom stereocenters. The largest absolute Gasteiger partial charge is 0.573 e. The summed E-state index contributed by atoms with van der Waals surface area (Å²) >= 11 is 0. The number of halogens is 6. The Hall–Kier alpha value is -9.58. The van der Waals surface area contributed by atoms with Gasteiger partial charge in [0.15, 0.2) is 11.4 Å². The second kappa shape index (κ2) is 18.0. The van der Waals surface area contributed by atoms with Gasteiger partial charge in [-0.15, -0.1) is 26.3 Å². The van der Waals surface area contributed by atoms with E-state index in [1.54, 1.807) is 12.1 Å². The van der Waals surface area contributed by atoms with Crippen molar-refractivity contribution in [3.8, 4) is 24.3 Å². The normalized spacial score (nSPS) is 19.2. The fourth-order valence-corrected chi connectivity index (χ4v) is 7.19. The molecule has 0 atom stereocenters. The molecule has 0 radical (unpaired) electrons. The molecule has 0 heterocycles. The molecule has 0 saturated heterocycles. The molecule has 3 aliphatic carbocycles. The maximum absolute atomic E-state index is 15.1. The van der Waals surface area contributed by atoms with Gasteiger partial charge in [-0.2, -0.15) is 21.0 Å². The van der Waals surface area contributed by atoms with E-state index >= 15 is 13.2 Å². The van der Waals surface area contributed by atoms with E-state index in [4.69, 9.17) is 31.0 Å². The highest BCUT2D eigenvalue weighted by Gasteiger charge is 2.45. The first-order chi connectivity index (χ1) is 30.6. The van der Waals surface area contributed by atoms with Gasteiger partial charge in [-0.05, 0) is 82.2 Å². The molecule has 0 fully saturated rings. The zero-order valence-electron chi connectivity index (χ0n) is 32.3. The number of hydrogen-bond acceptors (Lipinski definition) is 6. The number of benzene rings is 3. The van der Waals surface area contributed by atoms with Crippen molar-refractivity contribution in [2.75, 3.05) is 0 Å². The summed E-state index contributed by atoms with van der Waals surface area (Å²) in [6.07, 6.45) is -5.22. The monoisotopic (exact) mass is 854 g/mol. The molecular weight excluding hydrogens is 835 g/mol. The topological polar surface area (TPSA) is 131 Å². The molecule has 10 nitrogen and oxygen atoms in total. The third-order valence-corrected chi connectivity index (χ3v) is 9.53. The van der Waals surface area contributed by atoms with E-state index in [0.29, 0.717) is 12.2 Å². The quantitative estimate of drug-likeness (QED) is 0.138. The van der Waals surface area contributed by atoms with Crippen molar-refractivity contribution >= 4 is 28.2 Å². The lowest BCUT2D eigenvalue weighted by molar-refractivity contribution is -0.306. The van der Waals surface area contributed by atoms with Gasteiger partial charge < -0.3 is 9.47 Å². The Labute approximate surface area is 360 Å². The molecule has 64 heavy (non-hydrogen) atoms. The molecule has 3 aliphatic rings. The maximum Gasteiger partial charge on any atom is 0.573 e. The van der Waals surface area contributed by atoms with Crippen molar-refractivity contribution in [2.45, 2.75) is 25.6 Å². The van der Waals surface area contributed by atoms with Crippen molar-refractivity contribution in [3.63, 3.8) is 0 Å². The number of ether oxygens (including phenoxy) is 2. The molecule has 306 valence electrons. The minimum atomic E-state index is -5.70. The van der Waals surface area contributed by atoms with E-state index in [1.165, 1.54) is 48.6 Å². The number of hydrogen-bond donors (Lipinski definition) is 0. The summed E-state index contributed by atoms with van der Waals surface area (Å²) in [5, 5.41) is 41.5. The molecule has 3 aromatic carbocycles. The van der Waals surface area contributed by atoms with Crippen LogP contribution in [0.3, 0.4) is 0 Å². The summed E-state index contributed by atoms with van der Waals surface area (Å²) in [6.45, 7) is 32.1. The van der Waals surface area contributed by atoms with Gasteiger partial charge in [0.2, 0.25) is 11.4 Å². The third-order valence-electron chi connectivity index (χ3n) is 9.53. The maximum atomic E-state index is 15.1. The molecule has 0 amide bonds. The number of rotatable bonds is 6. The molecule has 0 saturated carbocycles. The average Bonchev–Trinajstić information content (AvgIpc) is 3.64. The molecule has 6 rings (SSSR count). The van der Waals surface area contributed by atoms with Crippen molar-refractivity contribution in [3.05, 3.63) is 227 Å². The Kier molecular flexibility index (Phi) is 12.3. The summed E-state index contributed by atoms with van der Waals surface area (Å²) in [4.78, 5) is 13.8. The fourth-order valence-electron chi connectivity index (χ4n) is 7.19. The van der Waals surface area contributed by atoms with Crippen LogP contribution in [-0.2, 0) is 9.47 Å². The van der Waals surface area contributed by atoms with Gasteiger partial charge in [-0.25, -0.2) is 19.4 Å². The summed E-state index contributed by atoms with van der Waals surface area (Å²) in [6, 6.07) is 21.3. The highest BCUT2D eigenvalue weighted by Crippen LogP contribution is 2.54. The lowest BCUT2D eigenvalue weighted by Crippen LogP contribution is -2.17. The first-order valence-corrected chi connectivity index (χ1v) is 18.1. The number of nitriles is 4. The van der Waals surface area contributed by atoms with E-state index in [0.717, 1.165) is 30.3 Å². The van der Waals surface area contributed by atoms with Gasteiger partial charge in [0.05, 0.1) is 66.8 Å². The van der Waals surface area contributed by atoms with Crippen molar-refractivity contribution in [1.82, 2.24) is 0 Å². The lowest BCUT2D eigenvalue weighted by Gasteiger charge is -2.22. The third kappa shape index (κ3) is 8.95. The van der Waals surface area contributed by atoms with Crippen LogP contribution in [0.5, 0.6) is 0 Å². The van der Waals surface area contributed by atoms with Crippen molar-refractivity contribution in [1.29, 1.82) is 21.0 Å². The van der Waals surface area contributed by atoms with E-state index in [1.807, 2.05) is 18.2 Å². The van der Waals surface area contributed by atoms with E-state index < -0.39 is 74.6 Å². The standard InChI is InChI=1S/C48H20F6N8O2/c1-59-34-18-31(19-35(21-34)60-2)37(26-58)42-41(30-13-9-6-10-14-30)46(62-4)44-38(63-47(49,50)51)20-33(25-57)40(29-11-7-5-8-12-29)36(22-39(43(42)44)64-48(52,53)54)45(61-3)32-16-27(23-55)15-28(17-32)24-56/h5-7,9-11,13-22H,8,12H2/b38-20-,39-22-,40-33+,42-37+,45-36+. The van der Waals surface area contributed by atoms with Crippen LogP contribution in [0.25, 0.3) is 36.2 Å². The zero-order valence-corrected chi connectivity index (χ0v) is 32.3. The van der Waals surface area contributed by atoms with Gasteiger partial charge in [0.25, 0.3) is 0 Å². The second-order valence-corrected chi connectivity index (χ2v) is 13.3. The van der Waals surface area contributed by atoms with Crippen LogP contribution in [0, 0.1) is 71.6 Å². The second-order valence-electron chi connectivity index (χ2n) is 13.3. The van der Waals surface area contributed by atoms with Crippen LogP contribution in [-0.4, -0.2) is 12.7 Å². The van der Waals surface area contributed by atoms with Gasteiger partial charge in [-0.3, -0.25) is 0 Å². The first kappa shape index (κ1) is 44.0. The van der Waals surface area contributed by atoms with Crippen LogP contribution in [0.15, 0.2) is 153 Å². The fraction of sp³-hybridized carbons (Fsp3) is 0.0833. The molecule has 0 N–H and O–H groups in total. The minimum absolute atomic E-state index is 0.00360. The van der Waals surface area contributed by atoms with Crippen molar-refractivity contribution in [2.24, 2.45) is 0 Å². The predicted octanol–water partition coefficient (Wildman–Crippen LogP) is 12.7. The zero-order chi connectivity index (χ0) is 46.3. The summed E-state index contributed by atoms with van der Waals surface area (Å²) in [5.74, 6) is -2.77. The van der Waals surface area contributed by atoms with E-state index in [9.17, 15) is 34.2 Å². The smallest absolute Gasteiger partial charge is 0.406 e. The molecule has 0 aromatic heterocycles.